The number of carbonyl (C=O) groups excluding carboxylic acids is 1. The minimum atomic E-state index is -3.37. The highest BCUT2D eigenvalue weighted by Crippen LogP contribution is 2.55. The molecule has 0 unspecified atom stereocenters. The molecule has 0 saturated heterocycles. The van der Waals surface area contributed by atoms with Crippen molar-refractivity contribution in [3.63, 3.8) is 0 Å². The highest BCUT2D eigenvalue weighted by molar-refractivity contribution is 7.92. The number of aryl methyl sites for hydroxylation is 1. The molecule has 9 heteroatoms. The van der Waals surface area contributed by atoms with Crippen molar-refractivity contribution in [1.29, 1.82) is 0 Å². The highest BCUT2D eigenvalue weighted by Gasteiger charge is 2.57. The third-order valence-electron chi connectivity index (χ3n) is 7.00. The Bertz CT molecular complexity index is 1120. The molecule has 158 valence electrons. The molecule has 2 saturated carbocycles. The van der Waals surface area contributed by atoms with Gasteiger partial charge in [0, 0.05) is 11.6 Å². The molecular formula is C21H23FN4O3S. The third kappa shape index (κ3) is 3.25. The second kappa shape index (κ2) is 7.01. The summed E-state index contributed by atoms with van der Waals surface area (Å²) in [6.45, 7) is 0. The van der Waals surface area contributed by atoms with Gasteiger partial charge in [-0.1, -0.05) is 12.1 Å². The van der Waals surface area contributed by atoms with Gasteiger partial charge in [-0.3, -0.25) is 4.79 Å². The van der Waals surface area contributed by atoms with Gasteiger partial charge in [-0.2, -0.15) is 0 Å². The second-order valence-electron chi connectivity index (χ2n) is 8.66. The number of sulfone groups is 1. The lowest BCUT2D eigenvalue weighted by molar-refractivity contribution is -0.125. The smallest absolute Gasteiger partial charge is 0.227 e. The van der Waals surface area contributed by atoms with Crippen LogP contribution in [-0.4, -0.2) is 35.3 Å². The second-order valence-corrected chi connectivity index (χ2v) is 11.0. The maximum Gasteiger partial charge on any atom is 0.227 e. The van der Waals surface area contributed by atoms with E-state index in [0.29, 0.717) is 24.9 Å². The van der Waals surface area contributed by atoms with Gasteiger partial charge in [-0.05, 0) is 61.1 Å². The first-order valence-corrected chi connectivity index (χ1v) is 11.9. The predicted molar refractivity (Wildman–Crippen MR) is 109 cm³/mol. The van der Waals surface area contributed by atoms with Crippen molar-refractivity contribution in [1.82, 2.24) is 9.97 Å². The first-order valence-electron chi connectivity index (χ1n) is 10.2. The van der Waals surface area contributed by atoms with E-state index in [-0.39, 0.29) is 41.6 Å². The molecule has 3 N–H and O–H groups in total. The topological polar surface area (TPSA) is 115 Å². The number of rotatable bonds is 1. The Morgan fingerprint density at radius 2 is 2.07 bits per heavy atom. The Labute approximate surface area is 174 Å². The molecule has 2 fully saturated rings. The van der Waals surface area contributed by atoms with Crippen molar-refractivity contribution >= 4 is 27.4 Å². The molecule has 1 aromatic heterocycles. The summed E-state index contributed by atoms with van der Waals surface area (Å²) in [7, 11) is -3.37. The number of amides is 1. The maximum atomic E-state index is 14.6. The molecular weight excluding hydrogens is 407 g/mol. The number of primary amides is 1. The Hall–Kier alpha value is -2.55. The van der Waals surface area contributed by atoms with Gasteiger partial charge in [0.2, 0.25) is 11.9 Å². The molecule has 0 radical (unpaired) electrons. The van der Waals surface area contributed by atoms with Crippen LogP contribution in [-0.2, 0) is 27.5 Å². The van der Waals surface area contributed by atoms with E-state index in [0.717, 1.165) is 11.8 Å². The van der Waals surface area contributed by atoms with Gasteiger partial charge in [0.25, 0.3) is 0 Å². The number of hydrogen-bond acceptors (Lipinski definition) is 6. The largest absolute Gasteiger partial charge is 0.369 e. The van der Waals surface area contributed by atoms with Crippen LogP contribution >= 0.6 is 0 Å². The fraction of sp³-hybridized carbons (Fsp3) is 0.476. The first kappa shape index (κ1) is 19.4. The number of halogens is 1. The molecule has 2 heterocycles. The third-order valence-corrected chi connectivity index (χ3v) is 9.24. The summed E-state index contributed by atoms with van der Waals surface area (Å²) in [6, 6.07) is 7.41. The highest BCUT2D eigenvalue weighted by atomic mass is 32.2. The van der Waals surface area contributed by atoms with E-state index in [9.17, 15) is 17.6 Å². The number of nitrogens with zero attached hydrogens (tertiary/aromatic N) is 2. The summed E-state index contributed by atoms with van der Waals surface area (Å²) < 4.78 is 41.0. The predicted octanol–water partition coefficient (Wildman–Crippen LogP) is 2.00. The van der Waals surface area contributed by atoms with E-state index in [4.69, 9.17) is 5.73 Å². The SMILES string of the molecule is NC(=O)[C@H]1[C@@H]2C[C@H]3[C@H]1Cc1nc(ncc1F)Nc1cccc(c1)CCS(=O)(=O)[C@@H]3C2. The van der Waals surface area contributed by atoms with Crippen molar-refractivity contribution in [3.8, 4) is 0 Å². The molecule has 6 bridgehead atoms. The van der Waals surface area contributed by atoms with E-state index in [1.54, 1.807) is 0 Å². The molecule has 5 rings (SSSR count). The zero-order valence-electron chi connectivity index (χ0n) is 16.3. The van der Waals surface area contributed by atoms with Crippen molar-refractivity contribution in [2.75, 3.05) is 11.1 Å². The van der Waals surface area contributed by atoms with Crippen LogP contribution in [0.5, 0.6) is 0 Å². The molecule has 1 aliphatic heterocycles. The van der Waals surface area contributed by atoms with Crippen LogP contribution in [0.25, 0.3) is 0 Å². The van der Waals surface area contributed by atoms with Crippen LogP contribution in [0.3, 0.4) is 0 Å². The monoisotopic (exact) mass is 430 g/mol. The number of carbonyl (C=O) groups is 1. The molecule has 3 aliphatic rings. The van der Waals surface area contributed by atoms with E-state index >= 15 is 0 Å². The van der Waals surface area contributed by atoms with Gasteiger partial charge in [-0.15, -0.1) is 0 Å². The molecule has 1 aromatic carbocycles. The van der Waals surface area contributed by atoms with Crippen LogP contribution in [0.15, 0.2) is 30.5 Å². The summed E-state index contributed by atoms with van der Waals surface area (Å²) in [5.41, 5.74) is 7.45. The standard InChI is InChI=1S/C21H23FN4O3S/c22-16-10-24-21-25-13-3-1-2-11(6-13)4-5-30(28,29)18-8-12-7-14(18)15(9-17(16)26-21)19(12)20(23)27/h1-3,6,10,12,14-15,18-19H,4-5,7-9H2,(H2,23,27)(H,24,25,26)/t12-,14+,15-,18-,19+/m1/s1. The molecule has 5 atom stereocenters. The molecule has 30 heavy (non-hydrogen) atoms. The van der Waals surface area contributed by atoms with Crippen LogP contribution in [0.4, 0.5) is 16.0 Å². The van der Waals surface area contributed by atoms with E-state index in [2.05, 4.69) is 15.3 Å². The van der Waals surface area contributed by atoms with Gasteiger partial charge in [0.1, 0.15) is 0 Å². The summed E-state index contributed by atoms with van der Waals surface area (Å²) >= 11 is 0. The minimum absolute atomic E-state index is 0.0501. The van der Waals surface area contributed by atoms with Gasteiger partial charge in [0.05, 0.1) is 22.9 Å². The van der Waals surface area contributed by atoms with Crippen molar-refractivity contribution < 1.29 is 17.6 Å². The van der Waals surface area contributed by atoms with E-state index in [1.165, 1.54) is 0 Å². The van der Waals surface area contributed by atoms with Crippen molar-refractivity contribution in [2.24, 2.45) is 29.4 Å². The lowest BCUT2D eigenvalue weighted by atomic mass is 9.76. The van der Waals surface area contributed by atoms with Gasteiger partial charge < -0.3 is 11.1 Å². The number of nitrogens with two attached hydrogens (primary N) is 1. The first-order chi connectivity index (χ1) is 14.3. The molecule has 1 amide bonds. The van der Waals surface area contributed by atoms with Crippen LogP contribution < -0.4 is 11.1 Å². The maximum absolute atomic E-state index is 14.6. The van der Waals surface area contributed by atoms with Gasteiger partial charge in [0.15, 0.2) is 15.7 Å². The molecule has 2 aromatic rings. The Kier molecular flexibility index (Phi) is 4.53. The average Bonchev–Trinajstić information content (AvgIpc) is 3.28. The van der Waals surface area contributed by atoms with E-state index < -0.39 is 32.7 Å². The van der Waals surface area contributed by atoms with Gasteiger partial charge in [-0.25, -0.2) is 22.8 Å². The number of anilines is 2. The molecule has 2 aliphatic carbocycles. The van der Waals surface area contributed by atoms with E-state index in [1.807, 2.05) is 24.3 Å². The molecule has 7 nitrogen and oxygen atoms in total. The lowest BCUT2D eigenvalue weighted by Gasteiger charge is -2.34. The number of aromatic nitrogens is 2. The number of nitrogens with one attached hydrogen (secondary N) is 1. The fourth-order valence-electron chi connectivity index (χ4n) is 5.74. The van der Waals surface area contributed by atoms with Crippen LogP contribution in [0, 0.1) is 29.5 Å². The summed E-state index contributed by atoms with van der Waals surface area (Å²) in [6.07, 6.45) is 2.78. The fourth-order valence-corrected chi connectivity index (χ4v) is 7.95. The van der Waals surface area contributed by atoms with Crippen LogP contribution in [0.1, 0.15) is 24.1 Å². The summed E-state index contributed by atoms with van der Waals surface area (Å²) in [5.74, 6) is -1.75. The van der Waals surface area contributed by atoms with Gasteiger partial charge >= 0.3 is 0 Å². The minimum Gasteiger partial charge on any atom is -0.369 e. The number of hydrogen-bond donors (Lipinski definition) is 2. The quantitative estimate of drug-likeness (QED) is 0.715. The van der Waals surface area contributed by atoms with Crippen molar-refractivity contribution in [2.45, 2.75) is 30.9 Å². The lowest BCUT2D eigenvalue weighted by Crippen LogP contribution is -2.43. The number of benzene rings is 1. The van der Waals surface area contributed by atoms with Crippen LogP contribution in [0.2, 0.25) is 0 Å². The summed E-state index contributed by atoms with van der Waals surface area (Å²) in [5, 5.41) is 2.55. The average molecular weight is 431 g/mol. The molecule has 0 spiro atoms. The summed E-state index contributed by atoms with van der Waals surface area (Å²) in [4.78, 5) is 20.6. The Balaban J connectivity index is 1.61. The zero-order chi connectivity index (χ0) is 21.0. The Morgan fingerprint density at radius 1 is 1.23 bits per heavy atom. The normalized spacial score (nSPS) is 31.6. The Morgan fingerprint density at radius 3 is 2.87 bits per heavy atom. The number of fused-ring (bicyclic) bond motifs is 5. The zero-order valence-corrected chi connectivity index (χ0v) is 17.1. The van der Waals surface area contributed by atoms with Crippen molar-refractivity contribution in [3.05, 3.63) is 47.5 Å².